The number of nitrogens with one attached hydrogen (secondary N) is 3. The van der Waals surface area contributed by atoms with E-state index in [0.717, 1.165) is 67.2 Å². The molecule has 0 unspecified atom stereocenters. The Morgan fingerprint density at radius 1 is 1.05 bits per heavy atom. The number of aryl methyl sites for hydroxylation is 2. The average molecular weight is 517 g/mol. The largest absolute Gasteiger partial charge is 0.358 e. The Bertz CT molecular complexity index is 1750. The van der Waals surface area contributed by atoms with E-state index in [2.05, 4.69) is 61.8 Å². The number of aromatic nitrogens is 5. The van der Waals surface area contributed by atoms with E-state index in [4.69, 9.17) is 0 Å². The van der Waals surface area contributed by atoms with Crippen LogP contribution < -0.4 is 5.32 Å². The van der Waals surface area contributed by atoms with Gasteiger partial charge in [0.15, 0.2) is 5.65 Å². The lowest BCUT2D eigenvalue weighted by Crippen LogP contribution is -2.00. The molecule has 4 heterocycles. The van der Waals surface area contributed by atoms with Gasteiger partial charge in [0.2, 0.25) is 0 Å². The molecule has 39 heavy (non-hydrogen) atoms. The highest BCUT2D eigenvalue weighted by Crippen LogP contribution is 2.37. The van der Waals surface area contributed by atoms with Crippen molar-refractivity contribution in [2.75, 3.05) is 5.32 Å². The summed E-state index contributed by atoms with van der Waals surface area (Å²) in [5, 5.41) is 11.9. The topological polar surface area (TPSA) is 82.3 Å². The van der Waals surface area contributed by atoms with E-state index < -0.39 is 0 Å². The zero-order chi connectivity index (χ0) is 27.1. The monoisotopic (exact) mass is 516 g/mol. The highest BCUT2D eigenvalue weighted by molar-refractivity contribution is 5.94. The number of anilines is 1. The summed E-state index contributed by atoms with van der Waals surface area (Å²) in [6.07, 6.45) is 11.5. The highest BCUT2D eigenvalue weighted by atomic mass is 19.1. The molecule has 1 aliphatic rings. The van der Waals surface area contributed by atoms with Gasteiger partial charge in [-0.1, -0.05) is 31.4 Å². The molecule has 0 spiro atoms. The molecule has 194 valence electrons. The number of benzene rings is 1. The summed E-state index contributed by atoms with van der Waals surface area (Å²) in [4.78, 5) is 12.5. The van der Waals surface area contributed by atoms with Gasteiger partial charge < -0.3 is 10.3 Å². The number of rotatable bonds is 8. The Morgan fingerprint density at radius 2 is 1.87 bits per heavy atom. The van der Waals surface area contributed by atoms with Crippen LogP contribution in [0.2, 0.25) is 0 Å². The van der Waals surface area contributed by atoms with Crippen LogP contribution in [0.25, 0.3) is 39.1 Å². The molecule has 0 amide bonds. The second-order valence-corrected chi connectivity index (χ2v) is 10.1. The van der Waals surface area contributed by atoms with E-state index >= 15 is 0 Å². The van der Waals surface area contributed by atoms with Gasteiger partial charge in [-0.05, 0) is 79.6 Å². The number of hydrogen-bond acceptors (Lipinski definition) is 4. The third-order valence-corrected chi connectivity index (χ3v) is 7.07. The molecule has 6 nitrogen and oxygen atoms in total. The first kappa shape index (κ1) is 24.6. The van der Waals surface area contributed by atoms with Gasteiger partial charge in [0.25, 0.3) is 0 Å². The highest BCUT2D eigenvalue weighted by Gasteiger charge is 2.24. The number of H-pyrrole nitrogens is 2. The molecule has 0 atom stereocenters. The van der Waals surface area contributed by atoms with Gasteiger partial charge in [0, 0.05) is 45.9 Å². The van der Waals surface area contributed by atoms with Gasteiger partial charge in [-0.2, -0.15) is 5.10 Å². The lowest BCUT2D eigenvalue weighted by Gasteiger charge is -2.09. The minimum atomic E-state index is -0.267. The fourth-order valence-electron chi connectivity index (χ4n) is 4.97. The molecule has 1 aromatic carbocycles. The first-order valence-electron chi connectivity index (χ1n) is 13.0. The molecule has 4 aromatic heterocycles. The number of allylic oxidation sites excluding steroid dienone is 3. The number of halogens is 1. The van der Waals surface area contributed by atoms with Crippen LogP contribution in [0, 0.1) is 25.6 Å². The maximum Gasteiger partial charge on any atom is 0.181 e. The predicted octanol–water partition coefficient (Wildman–Crippen LogP) is 7.72. The standard InChI is InChI=1S/C32H29FN6/c1-5-6-27(22-9-18(2)10-25(33)11-22)28-14-30(37-20(28)4)31-29-13-24(16-35-32(29)39-38-31)23-12-26(17-34-15-23)36-19(3)21-7-8-21/h5-6,9-17,21,36-37H,1,3,7-8H2,2,4H3,(H,35,38,39)/b27-6-. The quantitative estimate of drug-likeness (QED) is 0.184. The molecule has 3 N–H and O–H groups in total. The van der Waals surface area contributed by atoms with Crippen LogP contribution in [0.5, 0.6) is 0 Å². The van der Waals surface area contributed by atoms with Gasteiger partial charge >= 0.3 is 0 Å². The number of nitrogens with zero attached hydrogens (tertiary/aromatic N) is 3. The molecule has 5 aromatic rings. The van der Waals surface area contributed by atoms with Crippen molar-refractivity contribution < 1.29 is 4.39 Å². The summed E-state index contributed by atoms with van der Waals surface area (Å²) in [6.45, 7) is 11.9. The molecule has 1 aliphatic carbocycles. The summed E-state index contributed by atoms with van der Waals surface area (Å²) >= 11 is 0. The van der Waals surface area contributed by atoms with E-state index in [9.17, 15) is 4.39 Å². The van der Waals surface area contributed by atoms with Gasteiger partial charge in [0.1, 0.15) is 5.82 Å². The van der Waals surface area contributed by atoms with Crippen molar-refractivity contribution in [3.05, 3.63) is 114 Å². The molecular weight excluding hydrogens is 487 g/mol. The fraction of sp³-hybridized carbons (Fsp3) is 0.156. The van der Waals surface area contributed by atoms with Crippen LogP contribution in [0.3, 0.4) is 0 Å². The maximum atomic E-state index is 14.3. The molecule has 0 aliphatic heterocycles. The molecule has 1 fully saturated rings. The molecular formula is C32H29FN6. The fourth-order valence-corrected chi connectivity index (χ4v) is 4.97. The van der Waals surface area contributed by atoms with Crippen LogP contribution >= 0.6 is 0 Å². The minimum Gasteiger partial charge on any atom is -0.358 e. The van der Waals surface area contributed by atoms with Crippen LogP contribution in [0.4, 0.5) is 10.1 Å². The summed E-state index contributed by atoms with van der Waals surface area (Å²) in [6, 6.07) is 11.2. The minimum absolute atomic E-state index is 0.267. The molecule has 0 bridgehead atoms. The lowest BCUT2D eigenvalue weighted by molar-refractivity contribution is 0.626. The Hall–Kier alpha value is -4.78. The van der Waals surface area contributed by atoms with Crippen molar-refractivity contribution in [2.24, 2.45) is 5.92 Å². The summed E-state index contributed by atoms with van der Waals surface area (Å²) in [5.74, 6) is 0.290. The maximum absolute atomic E-state index is 14.3. The van der Waals surface area contributed by atoms with Crippen LogP contribution in [0.15, 0.2) is 86.0 Å². The number of fused-ring (bicyclic) bond motifs is 1. The van der Waals surface area contributed by atoms with Crippen molar-refractivity contribution in [2.45, 2.75) is 26.7 Å². The summed E-state index contributed by atoms with van der Waals surface area (Å²) in [7, 11) is 0. The number of hydrogen-bond donors (Lipinski definition) is 3. The predicted molar refractivity (Wildman–Crippen MR) is 156 cm³/mol. The number of aromatic amines is 2. The number of pyridine rings is 2. The van der Waals surface area contributed by atoms with E-state index in [-0.39, 0.29) is 5.82 Å². The second kappa shape index (κ2) is 9.83. The van der Waals surface area contributed by atoms with Gasteiger partial charge in [0.05, 0.1) is 23.3 Å². The normalized spacial score (nSPS) is 13.6. The third kappa shape index (κ3) is 4.91. The van der Waals surface area contributed by atoms with Gasteiger partial charge in [-0.25, -0.2) is 9.37 Å². The van der Waals surface area contributed by atoms with Crippen molar-refractivity contribution in [3.8, 4) is 22.5 Å². The van der Waals surface area contributed by atoms with Crippen molar-refractivity contribution in [3.63, 3.8) is 0 Å². The molecule has 1 saturated carbocycles. The zero-order valence-electron chi connectivity index (χ0n) is 22.0. The van der Waals surface area contributed by atoms with Crippen molar-refractivity contribution in [1.29, 1.82) is 0 Å². The van der Waals surface area contributed by atoms with E-state index in [1.165, 1.54) is 18.9 Å². The first-order valence-corrected chi connectivity index (χ1v) is 13.0. The summed E-state index contributed by atoms with van der Waals surface area (Å²) < 4.78 is 14.3. The second-order valence-electron chi connectivity index (χ2n) is 10.1. The van der Waals surface area contributed by atoms with Gasteiger partial charge in [-0.3, -0.25) is 10.1 Å². The lowest BCUT2D eigenvalue weighted by atomic mass is 9.96. The Morgan fingerprint density at radius 3 is 2.64 bits per heavy atom. The third-order valence-electron chi connectivity index (χ3n) is 7.07. The van der Waals surface area contributed by atoms with Crippen LogP contribution in [0.1, 0.15) is 35.2 Å². The van der Waals surface area contributed by atoms with Crippen molar-refractivity contribution >= 4 is 22.3 Å². The molecule has 0 radical (unpaired) electrons. The molecule has 7 heteroatoms. The Balaban J connectivity index is 1.37. The summed E-state index contributed by atoms with van der Waals surface area (Å²) in [5.41, 5.74) is 10.6. The SMILES string of the molecule is C=C/C=C(/c1cc(C)cc(F)c1)c1cc(-c2[nH]nc3ncc(-c4cncc(NC(=C)C5CC5)c4)cc23)[nH]c1C. The zero-order valence-corrected chi connectivity index (χ0v) is 22.0. The van der Waals surface area contributed by atoms with Crippen LogP contribution in [-0.2, 0) is 0 Å². The van der Waals surface area contributed by atoms with E-state index in [1.807, 2.05) is 44.6 Å². The van der Waals surface area contributed by atoms with E-state index in [1.54, 1.807) is 12.1 Å². The van der Waals surface area contributed by atoms with Gasteiger partial charge in [-0.15, -0.1) is 0 Å². The average Bonchev–Trinajstić information content (AvgIpc) is 3.58. The Labute approximate surface area is 226 Å². The van der Waals surface area contributed by atoms with Crippen LogP contribution in [-0.4, -0.2) is 25.1 Å². The van der Waals surface area contributed by atoms with Crippen molar-refractivity contribution in [1.82, 2.24) is 25.1 Å². The smallest absolute Gasteiger partial charge is 0.181 e. The Kier molecular flexibility index (Phi) is 6.19. The first-order chi connectivity index (χ1) is 18.9. The molecule has 0 saturated heterocycles. The molecule has 6 rings (SSSR count). The van der Waals surface area contributed by atoms with E-state index in [0.29, 0.717) is 11.6 Å².